The third-order valence-electron chi connectivity index (χ3n) is 6.10. The number of benzene rings is 2. The smallest absolute Gasteiger partial charge is 0.416 e. The molecule has 3 heterocycles. The van der Waals surface area contributed by atoms with Crippen molar-refractivity contribution >= 4 is 17.3 Å². The van der Waals surface area contributed by atoms with Crippen molar-refractivity contribution in [3.63, 3.8) is 0 Å². The lowest BCUT2D eigenvalue weighted by Gasteiger charge is -2.27. The van der Waals surface area contributed by atoms with Gasteiger partial charge in [0.15, 0.2) is 5.65 Å². The Labute approximate surface area is 193 Å². The molecule has 1 N–H and O–H groups in total. The van der Waals surface area contributed by atoms with E-state index in [1.807, 2.05) is 30.3 Å². The average Bonchev–Trinajstić information content (AvgIpc) is 3.42. The second-order valence-corrected chi connectivity index (χ2v) is 8.21. The second-order valence-electron chi connectivity index (χ2n) is 8.21. The number of aromatic nitrogens is 3. The summed E-state index contributed by atoms with van der Waals surface area (Å²) in [5.74, 6) is -0.371. The van der Waals surface area contributed by atoms with Crippen LogP contribution in [0.2, 0.25) is 0 Å². The molecule has 0 amide bonds. The van der Waals surface area contributed by atoms with Crippen LogP contribution >= 0.6 is 0 Å². The van der Waals surface area contributed by atoms with Crippen molar-refractivity contribution < 1.29 is 22.7 Å². The highest BCUT2D eigenvalue weighted by Gasteiger charge is 2.49. The molecule has 6 nitrogen and oxygen atoms in total. The van der Waals surface area contributed by atoms with Gasteiger partial charge in [-0.1, -0.05) is 42.5 Å². The van der Waals surface area contributed by atoms with Gasteiger partial charge >= 0.3 is 12.1 Å². The minimum Gasteiger partial charge on any atom is -0.465 e. The van der Waals surface area contributed by atoms with Gasteiger partial charge < -0.3 is 10.1 Å². The molecule has 9 heteroatoms. The van der Waals surface area contributed by atoms with E-state index in [0.29, 0.717) is 41.1 Å². The first-order valence-electron chi connectivity index (χ1n) is 10.8. The van der Waals surface area contributed by atoms with E-state index in [1.165, 1.54) is 12.1 Å². The molecular weight excluding hydrogens is 445 g/mol. The number of carbonyl (C=O) groups is 1. The maximum absolute atomic E-state index is 13.4. The largest absolute Gasteiger partial charge is 0.465 e. The summed E-state index contributed by atoms with van der Waals surface area (Å²) in [7, 11) is 0. The van der Waals surface area contributed by atoms with Crippen molar-refractivity contribution in [3.8, 4) is 11.1 Å². The Bertz CT molecular complexity index is 1350. The summed E-state index contributed by atoms with van der Waals surface area (Å²) in [4.78, 5) is 17.9. The van der Waals surface area contributed by atoms with Crippen LogP contribution in [0.5, 0.6) is 0 Å². The molecule has 0 aliphatic carbocycles. The number of carbonyl (C=O) groups excluding carboxylic acids is 1. The minimum atomic E-state index is -4.42. The number of halogens is 3. The Morgan fingerprint density at radius 3 is 2.53 bits per heavy atom. The van der Waals surface area contributed by atoms with E-state index in [1.54, 1.807) is 23.8 Å². The number of anilines is 1. The van der Waals surface area contributed by atoms with Crippen LogP contribution in [-0.4, -0.2) is 33.7 Å². The van der Waals surface area contributed by atoms with Crippen LogP contribution in [0.25, 0.3) is 16.8 Å². The zero-order chi connectivity index (χ0) is 23.9. The van der Waals surface area contributed by atoms with Crippen molar-refractivity contribution in [1.82, 2.24) is 14.6 Å². The fraction of sp³-hybridized carbons (Fsp3) is 0.240. The summed E-state index contributed by atoms with van der Waals surface area (Å²) in [5, 5.41) is 7.77. The van der Waals surface area contributed by atoms with Crippen LogP contribution in [-0.2, 0) is 27.5 Å². The molecule has 2 aromatic heterocycles. The molecule has 1 atom stereocenters. The minimum absolute atomic E-state index is 0.231. The third-order valence-corrected chi connectivity index (χ3v) is 6.10. The lowest BCUT2D eigenvalue weighted by molar-refractivity contribution is -0.149. The van der Waals surface area contributed by atoms with Crippen molar-refractivity contribution in [1.29, 1.82) is 0 Å². The van der Waals surface area contributed by atoms with Crippen LogP contribution < -0.4 is 5.32 Å². The van der Waals surface area contributed by atoms with E-state index in [0.717, 1.165) is 17.7 Å². The van der Waals surface area contributed by atoms with Gasteiger partial charge in [-0.2, -0.15) is 18.3 Å². The summed E-state index contributed by atoms with van der Waals surface area (Å²) in [6.45, 7) is 2.30. The van der Waals surface area contributed by atoms with E-state index < -0.39 is 17.2 Å². The van der Waals surface area contributed by atoms with Gasteiger partial charge in [-0.15, -0.1) is 0 Å². The molecule has 2 aromatic carbocycles. The summed E-state index contributed by atoms with van der Waals surface area (Å²) in [5.41, 5.74) is 2.05. The fourth-order valence-electron chi connectivity index (χ4n) is 4.49. The Morgan fingerprint density at radius 1 is 1.12 bits per heavy atom. The number of fused-ring (bicyclic) bond motifs is 3. The lowest BCUT2D eigenvalue weighted by atomic mass is 9.79. The van der Waals surface area contributed by atoms with Crippen LogP contribution in [0.3, 0.4) is 0 Å². The number of hydrogen-bond donors (Lipinski definition) is 1. The van der Waals surface area contributed by atoms with E-state index in [9.17, 15) is 18.0 Å². The second kappa shape index (κ2) is 8.16. The maximum Gasteiger partial charge on any atom is 0.416 e. The average molecular weight is 466 g/mol. The molecule has 0 saturated carbocycles. The quantitative estimate of drug-likeness (QED) is 0.425. The highest BCUT2D eigenvalue weighted by atomic mass is 19.4. The Balaban J connectivity index is 1.64. The Kier molecular flexibility index (Phi) is 5.27. The fourth-order valence-corrected chi connectivity index (χ4v) is 4.49. The number of rotatable bonds is 5. The Hall–Kier alpha value is -3.88. The molecule has 0 unspecified atom stereocenters. The topological polar surface area (TPSA) is 68.5 Å². The van der Waals surface area contributed by atoms with Gasteiger partial charge in [0.05, 0.1) is 35.9 Å². The first-order valence-corrected chi connectivity index (χ1v) is 10.8. The molecule has 0 radical (unpaired) electrons. The molecule has 4 aromatic rings. The molecule has 34 heavy (non-hydrogen) atoms. The number of hydrogen-bond acceptors (Lipinski definition) is 5. The normalized spacial score (nSPS) is 17.4. The summed E-state index contributed by atoms with van der Waals surface area (Å²) in [6, 6.07) is 14.5. The summed E-state index contributed by atoms with van der Waals surface area (Å²) in [6.07, 6.45) is -0.837. The molecule has 174 valence electrons. The van der Waals surface area contributed by atoms with Crippen molar-refractivity contribution in [3.05, 3.63) is 83.8 Å². The zero-order valence-electron chi connectivity index (χ0n) is 18.3. The Morgan fingerprint density at radius 2 is 1.85 bits per heavy atom. The van der Waals surface area contributed by atoms with Gasteiger partial charge in [0.25, 0.3) is 0 Å². The monoisotopic (exact) mass is 466 g/mol. The summed E-state index contributed by atoms with van der Waals surface area (Å²) < 4.78 is 46.1. The van der Waals surface area contributed by atoms with E-state index >= 15 is 0 Å². The zero-order valence-corrected chi connectivity index (χ0v) is 18.3. The van der Waals surface area contributed by atoms with Crippen molar-refractivity contribution in [2.45, 2.75) is 24.9 Å². The van der Waals surface area contributed by atoms with Crippen LogP contribution in [0, 0.1) is 0 Å². The van der Waals surface area contributed by atoms with Crippen LogP contribution in [0.4, 0.5) is 18.9 Å². The molecule has 0 spiro atoms. The number of nitrogens with zero attached hydrogens (tertiary/aromatic N) is 3. The highest BCUT2D eigenvalue weighted by molar-refractivity contribution is 5.89. The van der Waals surface area contributed by atoms with Crippen molar-refractivity contribution in [2.24, 2.45) is 0 Å². The summed E-state index contributed by atoms with van der Waals surface area (Å²) >= 11 is 0. The highest BCUT2D eigenvalue weighted by Crippen LogP contribution is 2.41. The predicted octanol–water partition coefficient (Wildman–Crippen LogP) is 4.88. The molecule has 1 aliphatic rings. The molecule has 0 saturated heterocycles. The number of alkyl halides is 3. The van der Waals surface area contributed by atoms with E-state index in [4.69, 9.17) is 4.74 Å². The number of ether oxygens (including phenoxy) is 1. The van der Waals surface area contributed by atoms with Gasteiger partial charge in [-0.25, -0.2) is 9.50 Å². The maximum atomic E-state index is 13.4. The van der Waals surface area contributed by atoms with Gasteiger partial charge in [-0.3, -0.25) is 4.79 Å². The molecule has 5 rings (SSSR count). The SMILES string of the molecule is CCOC(=O)[C@@]1(Cc2ccccc2)CNc2cnc3c(-c4ccc(C(F)(F)F)cc4)cnn3c21. The number of nitrogens with one attached hydrogen (secondary N) is 1. The van der Waals surface area contributed by atoms with E-state index in [-0.39, 0.29) is 12.6 Å². The molecule has 1 aliphatic heterocycles. The lowest BCUT2D eigenvalue weighted by Crippen LogP contribution is -2.43. The standard InChI is InChI=1S/C25H21F3N4O2/c1-2-34-23(33)24(12-16-6-4-3-5-7-16)15-30-20-14-29-22-19(13-31-32(22)21(20)24)17-8-10-18(11-9-17)25(26,27)28/h3-11,13-14,30H,2,12,15H2,1H3/t24-/m0/s1. The molecule has 0 bridgehead atoms. The van der Waals surface area contributed by atoms with Gasteiger partial charge in [0, 0.05) is 12.1 Å². The predicted molar refractivity (Wildman–Crippen MR) is 120 cm³/mol. The van der Waals surface area contributed by atoms with Crippen LogP contribution in [0.15, 0.2) is 67.0 Å². The van der Waals surface area contributed by atoms with Crippen LogP contribution in [0.1, 0.15) is 23.7 Å². The third kappa shape index (κ3) is 3.57. The molecular formula is C25H21F3N4O2. The molecule has 0 fully saturated rings. The number of esters is 1. The van der Waals surface area contributed by atoms with E-state index in [2.05, 4.69) is 15.4 Å². The van der Waals surface area contributed by atoms with Gasteiger partial charge in [-0.05, 0) is 36.6 Å². The first kappa shape index (κ1) is 21.9. The van der Waals surface area contributed by atoms with Gasteiger partial charge in [0.1, 0.15) is 5.41 Å². The van der Waals surface area contributed by atoms with Gasteiger partial charge in [0.2, 0.25) is 0 Å². The first-order chi connectivity index (χ1) is 16.3. The van der Waals surface area contributed by atoms with Crippen molar-refractivity contribution in [2.75, 3.05) is 18.5 Å².